The Balaban J connectivity index is 2.79. The number of hydrogen-bond donors (Lipinski definition) is 2. The van der Waals surface area contributed by atoms with Crippen molar-refractivity contribution < 1.29 is 13.2 Å². The molecule has 0 fully saturated rings. The molecule has 0 aliphatic rings. The molecule has 120 valence electrons. The molecule has 0 spiro atoms. The zero-order valence-corrected chi connectivity index (χ0v) is 15.4. The van der Waals surface area contributed by atoms with Crippen molar-refractivity contribution in [3.63, 3.8) is 0 Å². The van der Waals surface area contributed by atoms with Crippen LogP contribution in [0.15, 0.2) is 21.5 Å². The standard InChI is InChI=1S/C13H20BrClN2O3S/c1-9(2)16-5-4-6-17-21(18,19)12-8-10(15)7-11(14)13(12)20-3/h7-9,16-17H,4-6H2,1-3H3. The van der Waals surface area contributed by atoms with E-state index in [0.717, 1.165) is 6.54 Å². The van der Waals surface area contributed by atoms with Crippen molar-refractivity contribution in [1.82, 2.24) is 10.0 Å². The third kappa shape index (κ3) is 5.75. The number of hydrogen-bond acceptors (Lipinski definition) is 4. The van der Waals surface area contributed by atoms with Crippen LogP contribution in [0.3, 0.4) is 0 Å². The van der Waals surface area contributed by atoms with E-state index in [0.29, 0.717) is 28.5 Å². The number of rotatable bonds is 8. The highest BCUT2D eigenvalue weighted by atomic mass is 79.9. The fraction of sp³-hybridized carbons (Fsp3) is 0.538. The van der Waals surface area contributed by atoms with Crippen LogP contribution in [0.2, 0.25) is 5.02 Å². The first-order valence-electron chi connectivity index (χ1n) is 6.54. The maximum absolute atomic E-state index is 12.3. The average Bonchev–Trinajstić information content (AvgIpc) is 2.37. The molecule has 21 heavy (non-hydrogen) atoms. The van der Waals surface area contributed by atoms with Crippen LogP contribution in [0.4, 0.5) is 0 Å². The van der Waals surface area contributed by atoms with E-state index in [4.69, 9.17) is 16.3 Å². The smallest absolute Gasteiger partial charge is 0.244 e. The van der Waals surface area contributed by atoms with Crippen LogP contribution in [-0.4, -0.2) is 34.7 Å². The number of halogens is 2. The molecule has 0 atom stereocenters. The quantitative estimate of drug-likeness (QED) is 0.660. The first-order valence-corrected chi connectivity index (χ1v) is 9.19. The number of ether oxygens (including phenoxy) is 1. The second-order valence-corrected chi connectivity index (χ2v) is 7.81. The maximum atomic E-state index is 12.3. The Morgan fingerprint density at radius 3 is 2.57 bits per heavy atom. The van der Waals surface area contributed by atoms with Gasteiger partial charge >= 0.3 is 0 Å². The fourth-order valence-electron chi connectivity index (χ4n) is 1.70. The molecule has 0 aromatic heterocycles. The van der Waals surface area contributed by atoms with Crippen LogP contribution in [0, 0.1) is 0 Å². The minimum Gasteiger partial charge on any atom is -0.494 e. The monoisotopic (exact) mass is 398 g/mol. The molecular formula is C13H20BrClN2O3S. The Morgan fingerprint density at radius 1 is 1.33 bits per heavy atom. The molecule has 0 saturated heterocycles. The number of sulfonamides is 1. The predicted octanol–water partition coefficient (Wildman–Crippen LogP) is 2.78. The summed E-state index contributed by atoms with van der Waals surface area (Å²) in [5.41, 5.74) is 0. The SMILES string of the molecule is COc1c(Br)cc(Cl)cc1S(=O)(=O)NCCCNC(C)C. The van der Waals surface area contributed by atoms with E-state index in [2.05, 4.69) is 26.0 Å². The molecule has 0 aliphatic carbocycles. The van der Waals surface area contributed by atoms with Crippen molar-refractivity contribution in [2.45, 2.75) is 31.2 Å². The second kappa shape index (κ2) is 8.33. The van der Waals surface area contributed by atoms with Gasteiger partial charge in [0.2, 0.25) is 10.0 Å². The molecule has 0 bridgehead atoms. The topological polar surface area (TPSA) is 67.4 Å². The summed E-state index contributed by atoms with van der Waals surface area (Å²) < 4.78 is 32.8. The molecule has 8 heteroatoms. The lowest BCUT2D eigenvalue weighted by atomic mass is 10.3. The van der Waals surface area contributed by atoms with Crippen molar-refractivity contribution in [2.75, 3.05) is 20.2 Å². The van der Waals surface area contributed by atoms with Crippen LogP contribution in [0.25, 0.3) is 0 Å². The average molecular weight is 400 g/mol. The maximum Gasteiger partial charge on any atom is 0.244 e. The summed E-state index contributed by atoms with van der Waals surface area (Å²) in [5, 5.41) is 3.55. The molecule has 0 radical (unpaired) electrons. The molecule has 0 saturated carbocycles. The van der Waals surface area contributed by atoms with E-state index >= 15 is 0 Å². The van der Waals surface area contributed by atoms with Crippen LogP contribution >= 0.6 is 27.5 Å². The minimum absolute atomic E-state index is 0.0289. The summed E-state index contributed by atoms with van der Waals surface area (Å²) in [6.07, 6.45) is 0.696. The van der Waals surface area contributed by atoms with Crippen molar-refractivity contribution in [3.8, 4) is 5.75 Å². The van der Waals surface area contributed by atoms with Crippen molar-refractivity contribution in [1.29, 1.82) is 0 Å². The van der Waals surface area contributed by atoms with E-state index in [-0.39, 0.29) is 10.6 Å². The number of nitrogens with one attached hydrogen (secondary N) is 2. The largest absolute Gasteiger partial charge is 0.494 e. The highest BCUT2D eigenvalue weighted by molar-refractivity contribution is 9.10. The molecule has 1 aromatic rings. The van der Waals surface area contributed by atoms with Gasteiger partial charge in [0.05, 0.1) is 11.6 Å². The Hall–Kier alpha value is -0.340. The molecule has 1 rings (SSSR count). The number of methoxy groups -OCH3 is 1. The highest BCUT2D eigenvalue weighted by Crippen LogP contribution is 2.35. The minimum atomic E-state index is -3.67. The Morgan fingerprint density at radius 2 is 2.00 bits per heavy atom. The molecule has 0 amide bonds. The van der Waals surface area contributed by atoms with Gasteiger partial charge in [0.25, 0.3) is 0 Å². The van der Waals surface area contributed by atoms with Gasteiger partial charge in [-0.25, -0.2) is 13.1 Å². The van der Waals surface area contributed by atoms with E-state index in [1.54, 1.807) is 6.07 Å². The zero-order valence-electron chi connectivity index (χ0n) is 12.2. The van der Waals surface area contributed by atoms with Gasteiger partial charge in [-0.2, -0.15) is 0 Å². The Bertz CT molecular complexity index is 579. The molecule has 1 aromatic carbocycles. The summed E-state index contributed by atoms with van der Waals surface area (Å²) in [5.74, 6) is 0.243. The predicted molar refractivity (Wildman–Crippen MR) is 88.6 cm³/mol. The summed E-state index contributed by atoms with van der Waals surface area (Å²) in [7, 11) is -2.25. The molecule has 5 nitrogen and oxygen atoms in total. The van der Waals surface area contributed by atoms with Crippen LogP contribution < -0.4 is 14.8 Å². The highest BCUT2D eigenvalue weighted by Gasteiger charge is 2.22. The Labute approximate surface area is 139 Å². The summed E-state index contributed by atoms with van der Waals surface area (Å²) >= 11 is 9.16. The molecule has 0 unspecified atom stereocenters. The lowest BCUT2D eigenvalue weighted by molar-refractivity contribution is 0.399. The van der Waals surface area contributed by atoms with Crippen LogP contribution in [0.1, 0.15) is 20.3 Å². The molecule has 0 aliphatic heterocycles. The number of benzene rings is 1. The lowest BCUT2D eigenvalue weighted by Crippen LogP contribution is -2.30. The van der Waals surface area contributed by atoms with Crippen molar-refractivity contribution in [2.24, 2.45) is 0 Å². The van der Waals surface area contributed by atoms with Crippen LogP contribution in [0.5, 0.6) is 5.75 Å². The van der Waals surface area contributed by atoms with Crippen molar-refractivity contribution >= 4 is 37.6 Å². The fourth-order valence-corrected chi connectivity index (χ4v) is 4.15. The van der Waals surface area contributed by atoms with Gasteiger partial charge in [-0.15, -0.1) is 0 Å². The first-order chi connectivity index (χ1) is 9.77. The normalized spacial score (nSPS) is 11.9. The third-order valence-corrected chi connectivity index (χ3v) is 4.94. The van der Waals surface area contributed by atoms with Crippen molar-refractivity contribution in [3.05, 3.63) is 21.6 Å². The summed E-state index contributed by atoms with van der Waals surface area (Å²) in [4.78, 5) is 0.0289. The summed E-state index contributed by atoms with van der Waals surface area (Å²) in [6, 6.07) is 3.34. The third-order valence-electron chi connectivity index (χ3n) is 2.67. The van der Waals surface area contributed by atoms with Gasteiger partial charge in [0.15, 0.2) is 5.75 Å². The second-order valence-electron chi connectivity index (χ2n) is 4.78. The molecule has 0 heterocycles. The van der Waals surface area contributed by atoms with E-state index in [1.165, 1.54) is 13.2 Å². The Kier molecular flexibility index (Phi) is 7.42. The van der Waals surface area contributed by atoms with E-state index < -0.39 is 10.0 Å². The zero-order chi connectivity index (χ0) is 16.0. The van der Waals surface area contributed by atoms with Gasteiger partial charge in [-0.3, -0.25) is 0 Å². The van der Waals surface area contributed by atoms with E-state index in [9.17, 15) is 8.42 Å². The first kappa shape index (κ1) is 18.7. The summed E-state index contributed by atoms with van der Waals surface area (Å²) in [6.45, 7) is 5.17. The van der Waals surface area contributed by atoms with E-state index in [1.807, 2.05) is 13.8 Å². The molecular weight excluding hydrogens is 380 g/mol. The van der Waals surface area contributed by atoms with Crippen LogP contribution in [-0.2, 0) is 10.0 Å². The van der Waals surface area contributed by atoms with Gasteiger partial charge in [-0.05, 0) is 41.0 Å². The van der Waals surface area contributed by atoms with Gasteiger partial charge in [0.1, 0.15) is 4.90 Å². The lowest BCUT2D eigenvalue weighted by Gasteiger charge is -2.13. The molecule has 2 N–H and O–H groups in total. The van der Waals surface area contributed by atoms with Gasteiger partial charge < -0.3 is 10.1 Å². The van der Waals surface area contributed by atoms with Gasteiger partial charge in [-0.1, -0.05) is 25.4 Å². The van der Waals surface area contributed by atoms with Gasteiger partial charge in [0, 0.05) is 17.6 Å².